The molecule has 24 heavy (non-hydrogen) atoms. The van der Waals surface area contributed by atoms with E-state index in [9.17, 15) is 0 Å². The highest BCUT2D eigenvalue weighted by molar-refractivity contribution is 6.31. The van der Waals surface area contributed by atoms with Gasteiger partial charge in [0.25, 0.3) is 0 Å². The van der Waals surface area contributed by atoms with Crippen LogP contribution in [0.3, 0.4) is 0 Å². The number of hydrogen-bond donors (Lipinski definition) is 0. The molecule has 0 amide bonds. The number of anilines is 2. The van der Waals surface area contributed by atoms with Crippen molar-refractivity contribution in [3.8, 4) is 0 Å². The highest BCUT2D eigenvalue weighted by Crippen LogP contribution is 2.30. The predicted octanol–water partition coefficient (Wildman–Crippen LogP) is 6.21. The summed E-state index contributed by atoms with van der Waals surface area (Å²) in [6.07, 6.45) is 0. The van der Waals surface area contributed by atoms with E-state index >= 15 is 0 Å². The summed E-state index contributed by atoms with van der Waals surface area (Å²) in [6, 6.07) is 25.5. The van der Waals surface area contributed by atoms with Crippen molar-refractivity contribution in [2.24, 2.45) is 4.99 Å². The Morgan fingerprint density at radius 3 is 1.58 bits per heavy atom. The van der Waals surface area contributed by atoms with Crippen LogP contribution in [0.25, 0.3) is 0 Å². The van der Waals surface area contributed by atoms with Gasteiger partial charge >= 0.3 is 0 Å². The van der Waals surface area contributed by atoms with Gasteiger partial charge in [0.15, 0.2) is 0 Å². The van der Waals surface area contributed by atoms with Crippen LogP contribution in [0.4, 0.5) is 11.4 Å². The van der Waals surface area contributed by atoms with Gasteiger partial charge < -0.3 is 0 Å². The van der Waals surface area contributed by atoms with Gasteiger partial charge in [0.05, 0.1) is 0 Å². The van der Waals surface area contributed by atoms with Gasteiger partial charge in [-0.3, -0.25) is 9.89 Å². The zero-order valence-corrected chi connectivity index (χ0v) is 14.7. The molecule has 0 aliphatic carbocycles. The molecule has 4 heteroatoms. The van der Waals surface area contributed by atoms with Gasteiger partial charge in [-0.15, -0.1) is 0 Å². The van der Waals surface area contributed by atoms with E-state index in [4.69, 9.17) is 23.2 Å². The molecule has 0 atom stereocenters. The molecule has 0 fully saturated rings. The number of rotatable bonds is 3. The second-order valence-corrected chi connectivity index (χ2v) is 6.07. The number of nitrogens with zero attached hydrogens (tertiary/aromatic N) is 2. The van der Waals surface area contributed by atoms with E-state index in [1.165, 1.54) is 0 Å². The van der Waals surface area contributed by atoms with E-state index in [1.54, 1.807) is 7.05 Å². The summed E-state index contributed by atoms with van der Waals surface area (Å²) >= 11 is 12.1. The first kappa shape index (κ1) is 16.6. The molecule has 3 rings (SSSR count). The Kier molecular flexibility index (Phi) is 5.19. The van der Waals surface area contributed by atoms with Gasteiger partial charge in [0.1, 0.15) is 5.84 Å². The van der Waals surface area contributed by atoms with Crippen molar-refractivity contribution in [3.05, 3.63) is 94.5 Å². The van der Waals surface area contributed by atoms with E-state index in [1.807, 2.05) is 78.9 Å². The van der Waals surface area contributed by atoms with Gasteiger partial charge in [0, 0.05) is 34.0 Å². The quantitative estimate of drug-likeness (QED) is 0.403. The predicted molar refractivity (Wildman–Crippen MR) is 104 cm³/mol. The Labute approximate surface area is 152 Å². The molecule has 0 saturated heterocycles. The molecule has 3 aromatic rings. The van der Waals surface area contributed by atoms with Crippen molar-refractivity contribution in [2.75, 3.05) is 11.9 Å². The van der Waals surface area contributed by atoms with E-state index in [2.05, 4.69) is 9.89 Å². The minimum absolute atomic E-state index is 0.699. The molecule has 0 N–H and O–H groups in total. The molecule has 0 radical (unpaired) electrons. The third-order valence-corrected chi connectivity index (χ3v) is 4.13. The second-order valence-electron chi connectivity index (χ2n) is 5.20. The molecule has 120 valence electrons. The summed E-state index contributed by atoms with van der Waals surface area (Å²) in [6.45, 7) is 0. The molecule has 0 aliphatic rings. The van der Waals surface area contributed by atoms with Crippen LogP contribution in [0.1, 0.15) is 5.56 Å². The monoisotopic (exact) mass is 354 g/mol. The third kappa shape index (κ3) is 3.61. The van der Waals surface area contributed by atoms with E-state index in [-0.39, 0.29) is 0 Å². The van der Waals surface area contributed by atoms with Crippen molar-refractivity contribution in [1.29, 1.82) is 0 Å². The minimum atomic E-state index is 0.699. The van der Waals surface area contributed by atoms with E-state index < -0.39 is 0 Å². The molecule has 2 nitrogen and oxygen atoms in total. The lowest BCUT2D eigenvalue weighted by molar-refractivity contribution is 1.28. The maximum atomic E-state index is 6.05. The van der Waals surface area contributed by atoms with Gasteiger partial charge in [-0.2, -0.15) is 0 Å². The minimum Gasteiger partial charge on any atom is -0.295 e. The number of aliphatic imine (C=N–C) groups is 1. The van der Waals surface area contributed by atoms with Gasteiger partial charge in [-0.25, -0.2) is 0 Å². The molecular weight excluding hydrogens is 339 g/mol. The highest BCUT2D eigenvalue weighted by Gasteiger charge is 2.17. The maximum Gasteiger partial charge on any atom is 0.139 e. The van der Waals surface area contributed by atoms with Gasteiger partial charge in [0.2, 0.25) is 0 Å². The van der Waals surface area contributed by atoms with Crippen molar-refractivity contribution in [3.63, 3.8) is 0 Å². The van der Waals surface area contributed by atoms with Crippen molar-refractivity contribution < 1.29 is 0 Å². The lowest BCUT2D eigenvalue weighted by Gasteiger charge is -2.27. The van der Waals surface area contributed by atoms with Crippen LogP contribution in [0, 0.1) is 0 Å². The number of hydrogen-bond acceptors (Lipinski definition) is 1. The smallest absolute Gasteiger partial charge is 0.139 e. The fourth-order valence-electron chi connectivity index (χ4n) is 2.52. The number of halogens is 2. The Bertz CT molecular complexity index is 780. The van der Waals surface area contributed by atoms with Crippen LogP contribution in [0.15, 0.2) is 83.9 Å². The molecule has 0 bridgehead atoms. The first-order chi connectivity index (χ1) is 11.7. The fourth-order valence-corrected chi connectivity index (χ4v) is 2.77. The van der Waals surface area contributed by atoms with Crippen molar-refractivity contribution in [1.82, 2.24) is 0 Å². The summed E-state index contributed by atoms with van der Waals surface area (Å²) in [7, 11) is 1.79. The summed E-state index contributed by atoms with van der Waals surface area (Å²) in [5.41, 5.74) is 2.99. The van der Waals surface area contributed by atoms with Crippen LogP contribution in [0.2, 0.25) is 10.0 Å². The van der Waals surface area contributed by atoms with Crippen LogP contribution in [-0.4, -0.2) is 12.9 Å². The van der Waals surface area contributed by atoms with Crippen molar-refractivity contribution >= 4 is 40.4 Å². The first-order valence-electron chi connectivity index (χ1n) is 7.52. The maximum absolute atomic E-state index is 6.05. The molecule has 0 aliphatic heterocycles. The average molecular weight is 355 g/mol. The number of benzene rings is 3. The SMILES string of the molecule is CN=C(c1ccccc1)N(c1ccc(Cl)cc1)c1ccc(Cl)cc1. The largest absolute Gasteiger partial charge is 0.295 e. The second kappa shape index (κ2) is 7.52. The molecule has 0 saturated carbocycles. The van der Waals surface area contributed by atoms with Crippen LogP contribution >= 0.6 is 23.2 Å². The summed E-state index contributed by atoms with van der Waals surface area (Å²) < 4.78 is 0. The standard InChI is InChI=1S/C20H16Cl2N2/c1-23-20(15-5-3-2-4-6-15)24(18-11-7-16(21)8-12-18)19-13-9-17(22)10-14-19/h2-14H,1H3. The molecule has 0 unspecified atom stereocenters. The van der Waals surface area contributed by atoms with Gasteiger partial charge in [-0.1, -0.05) is 53.5 Å². The topological polar surface area (TPSA) is 15.6 Å². The summed E-state index contributed by atoms with van der Waals surface area (Å²) in [4.78, 5) is 6.62. The summed E-state index contributed by atoms with van der Waals surface area (Å²) in [5.74, 6) is 0.847. The van der Waals surface area contributed by atoms with Crippen molar-refractivity contribution in [2.45, 2.75) is 0 Å². The summed E-state index contributed by atoms with van der Waals surface area (Å²) in [5, 5.41) is 1.40. The molecular formula is C20H16Cl2N2. The third-order valence-electron chi connectivity index (χ3n) is 3.63. The zero-order chi connectivity index (χ0) is 16.9. The Morgan fingerprint density at radius 2 is 1.17 bits per heavy atom. The van der Waals surface area contributed by atoms with E-state index in [0.717, 1.165) is 22.8 Å². The average Bonchev–Trinajstić information content (AvgIpc) is 2.62. The molecule has 3 aromatic carbocycles. The first-order valence-corrected chi connectivity index (χ1v) is 8.28. The molecule has 0 spiro atoms. The highest BCUT2D eigenvalue weighted by atomic mass is 35.5. The van der Waals surface area contributed by atoms with Crippen LogP contribution < -0.4 is 4.90 Å². The van der Waals surface area contributed by atoms with Crippen LogP contribution in [0.5, 0.6) is 0 Å². The lowest BCUT2D eigenvalue weighted by atomic mass is 10.1. The molecule has 0 heterocycles. The fraction of sp³-hybridized carbons (Fsp3) is 0.0500. The van der Waals surface area contributed by atoms with Crippen LogP contribution in [-0.2, 0) is 0 Å². The Hall–Kier alpha value is -2.29. The van der Waals surface area contributed by atoms with E-state index in [0.29, 0.717) is 10.0 Å². The van der Waals surface area contributed by atoms with Gasteiger partial charge in [-0.05, 0) is 48.5 Å². The normalized spacial score (nSPS) is 11.4. The Balaban J connectivity index is 2.14. The number of amidine groups is 1. The zero-order valence-electron chi connectivity index (χ0n) is 13.2. The lowest BCUT2D eigenvalue weighted by Crippen LogP contribution is -2.26. The Morgan fingerprint density at radius 1 is 0.708 bits per heavy atom. The molecule has 0 aromatic heterocycles.